The Morgan fingerprint density at radius 1 is 1.05 bits per heavy atom. The maximum Gasteiger partial charge on any atom is 0.471 e. The number of alkyl halides is 3. The van der Waals surface area contributed by atoms with E-state index in [1.54, 1.807) is 5.32 Å². The lowest BCUT2D eigenvalue weighted by atomic mass is 9.83. The van der Waals surface area contributed by atoms with Crippen molar-refractivity contribution in [3.63, 3.8) is 0 Å². The van der Waals surface area contributed by atoms with Gasteiger partial charge in [0.1, 0.15) is 18.1 Å². The molecule has 38 heavy (non-hydrogen) atoms. The second-order valence-corrected chi connectivity index (χ2v) is 13.0. The van der Waals surface area contributed by atoms with Crippen LogP contribution in [0.2, 0.25) is 0 Å². The normalized spacial score (nSPS) is 24.6. The number of nitrogens with one attached hydrogen (secondary N) is 4. The Labute approximate surface area is 222 Å². The van der Waals surface area contributed by atoms with E-state index >= 15 is 0 Å². The molecule has 12 heteroatoms. The zero-order chi connectivity index (χ0) is 29.3. The molecule has 1 saturated heterocycles. The molecular weight excluding hydrogens is 503 g/mol. The Balaban J connectivity index is 2.16. The molecule has 1 aliphatic heterocycles. The summed E-state index contributed by atoms with van der Waals surface area (Å²) in [5.41, 5.74) is -1.52. The van der Waals surface area contributed by atoms with E-state index in [9.17, 15) is 37.6 Å². The number of amides is 4. The van der Waals surface area contributed by atoms with Crippen LogP contribution in [0.15, 0.2) is 0 Å². The van der Waals surface area contributed by atoms with Gasteiger partial charge in [-0.05, 0) is 62.7 Å². The van der Waals surface area contributed by atoms with E-state index in [0.717, 1.165) is 6.42 Å². The van der Waals surface area contributed by atoms with Crippen LogP contribution >= 0.6 is 0 Å². The molecule has 0 bridgehead atoms. The minimum absolute atomic E-state index is 0.0706. The van der Waals surface area contributed by atoms with Crippen molar-refractivity contribution in [2.75, 3.05) is 0 Å². The minimum Gasteiger partial charge on any atom is -0.351 e. The zero-order valence-corrected chi connectivity index (χ0v) is 23.1. The molecule has 1 saturated carbocycles. The molecule has 0 aromatic heterocycles. The van der Waals surface area contributed by atoms with E-state index in [-0.39, 0.29) is 35.6 Å². The van der Waals surface area contributed by atoms with Gasteiger partial charge in [-0.1, -0.05) is 34.6 Å². The highest BCUT2D eigenvalue weighted by Gasteiger charge is 2.48. The third-order valence-electron chi connectivity index (χ3n) is 7.47. The number of nitrogens with zero attached hydrogens (tertiary/aromatic N) is 1. The molecule has 0 aromatic rings. The summed E-state index contributed by atoms with van der Waals surface area (Å²) < 4.78 is 38.7. The van der Waals surface area contributed by atoms with Gasteiger partial charge in [-0.25, -0.2) is 0 Å². The van der Waals surface area contributed by atoms with Crippen molar-refractivity contribution >= 4 is 23.6 Å². The average molecular weight is 544 g/mol. The molecular formula is C26H40F3N5O4. The van der Waals surface area contributed by atoms with Crippen LogP contribution in [0.5, 0.6) is 0 Å². The summed E-state index contributed by atoms with van der Waals surface area (Å²) in [6.45, 7) is 12.3. The number of nitriles is 1. The van der Waals surface area contributed by atoms with Gasteiger partial charge < -0.3 is 21.3 Å². The summed E-state index contributed by atoms with van der Waals surface area (Å²) in [5.74, 6) is -4.45. The molecule has 2 rings (SSSR count). The van der Waals surface area contributed by atoms with Crippen LogP contribution in [0.4, 0.5) is 13.2 Å². The molecule has 1 aliphatic carbocycles. The summed E-state index contributed by atoms with van der Waals surface area (Å²) >= 11 is 0. The Bertz CT molecular complexity index is 981. The topological polar surface area (TPSA) is 140 Å². The van der Waals surface area contributed by atoms with E-state index in [4.69, 9.17) is 0 Å². The Kier molecular flexibility index (Phi) is 9.17. The van der Waals surface area contributed by atoms with Crippen molar-refractivity contribution < 1.29 is 32.3 Å². The fraction of sp³-hybridized carbons (Fsp3) is 0.808. The number of piperidine rings is 1. The number of hydrogen-bond donors (Lipinski definition) is 4. The minimum atomic E-state index is -5.18. The van der Waals surface area contributed by atoms with Crippen LogP contribution in [0.25, 0.3) is 0 Å². The van der Waals surface area contributed by atoms with Gasteiger partial charge in [0.05, 0.1) is 6.07 Å². The van der Waals surface area contributed by atoms with Crippen molar-refractivity contribution in [1.29, 1.82) is 5.26 Å². The first-order chi connectivity index (χ1) is 17.2. The van der Waals surface area contributed by atoms with Gasteiger partial charge in [0.25, 0.3) is 0 Å². The number of carbonyl (C=O) groups excluding carboxylic acids is 4. The van der Waals surface area contributed by atoms with Gasteiger partial charge >= 0.3 is 12.1 Å². The van der Waals surface area contributed by atoms with E-state index < -0.39 is 53.4 Å². The number of halogens is 3. The molecule has 4 N–H and O–H groups in total. The SMILES string of the molecule is CC1(C)CCC(CC(C#N)NC(=O)C(CC2CC2(C)C)NC(=O)C(NC(=O)C(F)(F)F)C(C)(C)C)C(=O)N1. The van der Waals surface area contributed by atoms with Gasteiger partial charge in [0.2, 0.25) is 17.7 Å². The molecule has 0 radical (unpaired) electrons. The third kappa shape index (κ3) is 8.60. The lowest BCUT2D eigenvalue weighted by Crippen LogP contribution is -2.60. The maximum absolute atomic E-state index is 13.3. The van der Waals surface area contributed by atoms with E-state index in [1.807, 2.05) is 33.8 Å². The molecule has 214 valence electrons. The monoisotopic (exact) mass is 543 g/mol. The van der Waals surface area contributed by atoms with Gasteiger partial charge in [-0.3, -0.25) is 19.2 Å². The Morgan fingerprint density at radius 3 is 2.08 bits per heavy atom. The van der Waals surface area contributed by atoms with Crippen LogP contribution < -0.4 is 21.3 Å². The summed E-state index contributed by atoms with van der Waals surface area (Å²) in [5, 5.41) is 19.4. The second-order valence-electron chi connectivity index (χ2n) is 13.0. The molecule has 4 amide bonds. The summed E-state index contributed by atoms with van der Waals surface area (Å²) in [6.07, 6.45) is -2.83. The van der Waals surface area contributed by atoms with E-state index in [2.05, 4.69) is 16.0 Å². The van der Waals surface area contributed by atoms with Gasteiger partial charge in [0, 0.05) is 11.5 Å². The first-order valence-corrected chi connectivity index (χ1v) is 12.9. The molecule has 2 aliphatic rings. The molecule has 5 unspecified atom stereocenters. The van der Waals surface area contributed by atoms with Gasteiger partial charge in [0.15, 0.2) is 0 Å². The highest BCUT2D eigenvalue weighted by Crippen LogP contribution is 2.54. The predicted octanol–water partition coefficient (Wildman–Crippen LogP) is 2.70. The molecule has 0 spiro atoms. The van der Waals surface area contributed by atoms with Crippen LogP contribution in [0.3, 0.4) is 0 Å². The second kappa shape index (κ2) is 11.1. The summed E-state index contributed by atoms with van der Waals surface area (Å²) in [4.78, 5) is 50.4. The quantitative estimate of drug-likeness (QED) is 0.354. The number of carbonyl (C=O) groups is 4. The fourth-order valence-electron chi connectivity index (χ4n) is 4.73. The lowest BCUT2D eigenvalue weighted by Gasteiger charge is -2.35. The van der Waals surface area contributed by atoms with Crippen molar-refractivity contribution in [3.05, 3.63) is 0 Å². The zero-order valence-electron chi connectivity index (χ0n) is 23.1. The summed E-state index contributed by atoms with van der Waals surface area (Å²) in [7, 11) is 0. The van der Waals surface area contributed by atoms with Gasteiger partial charge in [-0.15, -0.1) is 0 Å². The van der Waals surface area contributed by atoms with Crippen LogP contribution in [0.1, 0.15) is 80.6 Å². The van der Waals surface area contributed by atoms with Crippen LogP contribution in [-0.2, 0) is 19.2 Å². The maximum atomic E-state index is 13.3. The van der Waals surface area contributed by atoms with Gasteiger partial charge in [-0.2, -0.15) is 18.4 Å². The average Bonchev–Trinajstić information content (AvgIpc) is 3.35. The van der Waals surface area contributed by atoms with E-state index in [1.165, 1.54) is 20.8 Å². The standard InChI is InChI=1S/C26H40F3N5O4/c1-23(2,3)18(33-22(38)26(27,28)29)21(37)32-17(11-15-12-24(15,4)5)20(36)31-16(13-30)10-14-8-9-25(6,7)34-19(14)35/h14-18H,8-12H2,1-7H3,(H,31,36)(H,32,37)(H,33,38)(H,34,35). The molecule has 1 heterocycles. The lowest BCUT2D eigenvalue weighted by molar-refractivity contribution is -0.175. The Morgan fingerprint density at radius 2 is 1.63 bits per heavy atom. The Hall–Kier alpha value is -2.84. The molecule has 9 nitrogen and oxygen atoms in total. The number of rotatable bonds is 9. The van der Waals surface area contributed by atoms with Crippen LogP contribution in [0, 0.1) is 34.0 Å². The van der Waals surface area contributed by atoms with E-state index in [0.29, 0.717) is 12.8 Å². The third-order valence-corrected chi connectivity index (χ3v) is 7.47. The first-order valence-electron chi connectivity index (χ1n) is 12.9. The predicted molar refractivity (Wildman–Crippen MR) is 133 cm³/mol. The highest BCUT2D eigenvalue weighted by atomic mass is 19.4. The highest BCUT2D eigenvalue weighted by molar-refractivity contribution is 5.93. The molecule has 0 aromatic carbocycles. The van der Waals surface area contributed by atoms with Crippen molar-refractivity contribution in [2.24, 2.45) is 22.7 Å². The summed E-state index contributed by atoms with van der Waals surface area (Å²) in [6, 6.07) is -1.72. The largest absolute Gasteiger partial charge is 0.471 e. The fourth-order valence-corrected chi connectivity index (χ4v) is 4.73. The molecule has 5 atom stereocenters. The van der Waals surface area contributed by atoms with Crippen LogP contribution in [-0.4, -0.2) is 53.5 Å². The van der Waals surface area contributed by atoms with Crippen molar-refractivity contribution in [2.45, 2.75) is 110 Å². The smallest absolute Gasteiger partial charge is 0.351 e. The van der Waals surface area contributed by atoms with Crippen molar-refractivity contribution in [1.82, 2.24) is 21.3 Å². The molecule has 2 fully saturated rings. The first kappa shape index (κ1) is 31.4. The van der Waals surface area contributed by atoms with Crippen molar-refractivity contribution in [3.8, 4) is 6.07 Å². The number of hydrogen-bond acceptors (Lipinski definition) is 5.